The van der Waals surface area contributed by atoms with Crippen LogP contribution in [-0.4, -0.2) is 69.3 Å². The van der Waals surface area contributed by atoms with E-state index in [1.54, 1.807) is 48.5 Å². The summed E-state index contributed by atoms with van der Waals surface area (Å²) in [5.41, 5.74) is 2.55. The van der Waals surface area contributed by atoms with Crippen LogP contribution in [0.2, 0.25) is 0 Å². The van der Waals surface area contributed by atoms with Crippen LogP contribution < -0.4 is 23.7 Å². The Morgan fingerprint density at radius 1 is 0.645 bits per heavy atom. The van der Waals surface area contributed by atoms with Gasteiger partial charge in [0.2, 0.25) is 0 Å². The van der Waals surface area contributed by atoms with Crippen molar-refractivity contribution in [1.82, 2.24) is 0 Å². The Labute approximate surface area is 359 Å². The minimum Gasteiger partial charge on any atom is -0.493 e. The largest absolute Gasteiger partial charge is 0.493 e. The Morgan fingerprint density at radius 3 is 1.85 bits per heavy atom. The first kappa shape index (κ1) is 42.6. The third kappa shape index (κ3) is 12.1. The molecule has 2 heterocycles. The molecule has 0 amide bonds. The molecule has 11 nitrogen and oxygen atoms in total. The van der Waals surface area contributed by atoms with Gasteiger partial charge in [0.1, 0.15) is 47.3 Å². The van der Waals surface area contributed by atoms with Crippen LogP contribution in [0.15, 0.2) is 115 Å². The molecule has 5 unspecified atom stereocenters. The van der Waals surface area contributed by atoms with Gasteiger partial charge in [0.25, 0.3) is 0 Å². The Bertz CT molecular complexity index is 2290. The summed E-state index contributed by atoms with van der Waals surface area (Å²) < 4.78 is 59.3. The molecule has 3 aliphatic rings. The molecule has 2 aliphatic heterocycles. The number of carbonyl (C=O) groups excluding carboxylic acids is 3. The van der Waals surface area contributed by atoms with E-state index < -0.39 is 23.7 Å². The van der Waals surface area contributed by atoms with Crippen LogP contribution in [-0.2, 0) is 20.6 Å². The van der Waals surface area contributed by atoms with Crippen molar-refractivity contribution in [1.29, 1.82) is 0 Å². The van der Waals surface area contributed by atoms with Crippen molar-refractivity contribution in [3.05, 3.63) is 149 Å². The van der Waals surface area contributed by atoms with Crippen LogP contribution >= 0.6 is 0 Å². The molecular formula is C50H49FO11. The second kappa shape index (κ2) is 20.2. The van der Waals surface area contributed by atoms with E-state index in [2.05, 4.69) is 6.92 Å². The van der Waals surface area contributed by atoms with Crippen molar-refractivity contribution < 1.29 is 56.7 Å². The predicted molar refractivity (Wildman–Crippen MR) is 226 cm³/mol. The highest BCUT2D eigenvalue weighted by Gasteiger charge is 2.43. The highest BCUT2D eigenvalue weighted by Crippen LogP contribution is 2.39. The van der Waals surface area contributed by atoms with Crippen LogP contribution in [0, 0.1) is 11.7 Å². The number of unbranched alkanes of at least 4 members (excludes halogenated alkanes) is 1. The molecule has 12 heteroatoms. The minimum atomic E-state index is -0.875. The summed E-state index contributed by atoms with van der Waals surface area (Å²) in [7, 11) is 0. The van der Waals surface area contributed by atoms with Crippen molar-refractivity contribution >= 4 is 17.9 Å². The summed E-state index contributed by atoms with van der Waals surface area (Å²) in [6, 6.07) is 31.4. The molecule has 2 saturated heterocycles. The Balaban J connectivity index is 0.729. The summed E-state index contributed by atoms with van der Waals surface area (Å²) in [6.07, 6.45) is 6.83. The van der Waals surface area contributed by atoms with E-state index in [4.69, 9.17) is 37.9 Å². The molecule has 0 radical (unpaired) electrons. The lowest BCUT2D eigenvalue weighted by atomic mass is 9.90. The van der Waals surface area contributed by atoms with Gasteiger partial charge in [-0.2, -0.15) is 0 Å². The maximum absolute atomic E-state index is 14.9. The SMILES string of the molecule is CC(Cc1ccc(OC(=O)c2ccc(OC(=O)c3ccc(OCCCCOCC4CCC5OC5C4)cc3F)cc2)cc1)c1ccc(OC(=O)c2ccc(OCC3CO3)cc2)cc1. The molecule has 5 aromatic carbocycles. The average molecular weight is 845 g/mol. The molecule has 322 valence electrons. The molecule has 0 N–H and O–H groups in total. The molecular weight excluding hydrogens is 796 g/mol. The van der Waals surface area contributed by atoms with Gasteiger partial charge in [-0.1, -0.05) is 31.2 Å². The normalized spacial score (nSPS) is 19.1. The van der Waals surface area contributed by atoms with E-state index in [0.717, 1.165) is 62.9 Å². The number of hydrogen-bond donors (Lipinski definition) is 0. The lowest BCUT2D eigenvalue weighted by Gasteiger charge is -2.18. The van der Waals surface area contributed by atoms with Crippen LogP contribution in [0.5, 0.6) is 28.7 Å². The van der Waals surface area contributed by atoms with Gasteiger partial charge in [0.15, 0.2) is 0 Å². The zero-order valence-corrected chi connectivity index (χ0v) is 34.5. The van der Waals surface area contributed by atoms with E-state index >= 15 is 0 Å². The van der Waals surface area contributed by atoms with Crippen molar-refractivity contribution in [2.45, 2.75) is 69.7 Å². The zero-order chi connectivity index (χ0) is 42.8. The molecule has 62 heavy (non-hydrogen) atoms. The van der Waals surface area contributed by atoms with Gasteiger partial charge in [-0.15, -0.1) is 0 Å². The maximum atomic E-state index is 14.9. The smallest absolute Gasteiger partial charge is 0.346 e. The zero-order valence-electron chi connectivity index (χ0n) is 34.5. The second-order valence-corrected chi connectivity index (χ2v) is 16.0. The Morgan fingerprint density at radius 2 is 1.23 bits per heavy atom. The first-order valence-corrected chi connectivity index (χ1v) is 21.2. The topological polar surface area (TPSA) is 132 Å². The molecule has 1 aliphatic carbocycles. The van der Waals surface area contributed by atoms with Gasteiger partial charge in [0.05, 0.1) is 42.1 Å². The number of esters is 3. The van der Waals surface area contributed by atoms with E-state index in [-0.39, 0.29) is 28.9 Å². The first-order chi connectivity index (χ1) is 30.2. The van der Waals surface area contributed by atoms with Crippen LogP contribution in [0.4, 0.5) is 4.39 Å². The molecule has 0 bridgehead atoms. The monoisotopic (exact) mass is 844 g/mol. The summed E-state index contributed by atoms with van der Waals surface area (Å²) in [5, 5.41) is 0. The standard InChI is InChI=1S/C50H49FO11/c1-32(35-7-17-40(18-8-35)60-48(52)36-9-15-38(16-10-36)57-30-43-31-58-43)26-33-4-13-39(14-5-33)59-49(53)37-11-19-41(20-12-37)61-50(54)44-22-21-42(28-45(44)51)56-25-3-2-24-55-29-34-6-23-46-47(27-34)62-46/h4-5,7-22,28,32,34,43,46-47H,2-3,6,23-27,29-31H2,1H3. The van der Waals surface area contributed by atoms with Gasteiger partial charge >= 0.3 is 17.9 Å². The summed E-state index contributed by atoms with van der Waals surface area (Å²) in [4.78, 5) is 38.3. The van der Waals surface area contributed by atoms with Crippen molar-refractivity contribution in [3.8, 4) is 28.7 Å². The molecule has 3 fully saturated rings. The van der Waals surface area contributed by atoms with E-state index in [9.17, 15) is 18.8 Å². The molecule has 8 rings (SSSR count). The predicted octanol–water partition coefficient (Wildman–Crippen LogP) is 9.35. The fourth-order valence-corrected chi connectivity index (χ4v) is 7.36. The lowest BCUT2D eigenvalue weighted by Crippen LogP contribution is -2.18. The van der Waals surface area contributed by atoms with Gasteiger partial charge < -0.3 is 37.9 Å². The van der Waals surface area contributed by atoms with E-state index in [0.29, 0.717) is 66.5 Å². The fourth-order valence-electron chi connectivity index (χ4n) is 7.36. The minimum absolute atomic E-state index is 0.142. The Kier molecular flexibility index (Phi) is 13.9. The van der Waals surface area contributed by atoms with Crippen LogP contribution in [0.3, 0.4) is 0 Å². The average Bonchev–Trinajstić information content (AvgIpc) is 4.23. The summed E-state index contributed by atoms with van der Waals surface area (Å²) >= 11 is 0. The second-order valence-electron chi connectivity index (χ2n) is 16.0. The van der Waals surface area contributed by atoms with Crippen LogP contribution in [0.25, 0.3) is 0 Å². The van der Waals surface area contributed by atoms with E-state index in [1.807, 2.05) is 24.3 Å². The first-order valence-electron chi connectivity index (χ1n) is 21.2. The number of ether oxygens (including phenoxy) is 8. The number of epoxide rings is 2. The number of rotatable bonds is 20. The van der Waals surface area contributed by atoms with Gasteiger partial charge in [-0.25, -0.2) is 18.8 Å². The van der Waals surface area contributed by atoms with Crippen LogP contribution in [0.1, 0.15) is 87.1 Å². The molecule has 5 aromatic rings. The highest BCUT2D eigenvalue weighted by atomic mass is 19.1. The van der Waals surface area contributed by atoms with Gasteiger partial charge in [0, 0.05) is 19.3 Å². The number of halogens is 1. The quantitative estimate of drug-likeness (QED) is 0.0321. The number of fused-ring (bicyclic) bond motifs is 1. The molecule has 5 atom stereocenters. The third-order valence-electron chi connectivity index (χ3n) is 11.1. The highest BCUT2D eigenvalue weighted by molar-refractivity contribution is 5.93. The molecule has 0 aromatic heterocycles. The van der Waals surface area contributed by atoms with Gasteiger partial charge in [-0.3, -0.25) is 0 Å². The van der Waals surface area contributed by atoms with E-state index in [1.165, 1.54) is 42.5 Å². The van der Waals surface area contributed by atoms with Crippen molar-refractivity contribution in [3.63, 3.8) is 0 Å². The summed E-state index contributed by atoms with van der Waals surface area (Å²) in [6.45, 7) is 5.13. The van der Waals surface area contributed by atoms with Crippen molar-refractivity contribution in [2.24, 2.45) is 5.92 Å². The summed E-state index contributed by atoms with van der Waals surface area (Å²) in [5.74, 6) is 0.0102. The third-order valence-corrected chi connectivity index (χ3v) is 11.1. The number of hydrogen-bond acceptors (Lipinski definition) is 11. The lowest BCUT2D eigenvalue weighted by molar-refractivity contribution is 0.0721. The fraction of sp³-hybridized carbons (Fsp3) is 0.340. The number of carbonyl (C=O) groups is 3. The Hall–Kier alpha value is -6.08. The maximum Gasteiger partial charge on any atom is 0.346 e. The molecule has 1 saturated carbocycles. The van der Waals surface area contributed by atoms with Gasteiger partial charge in [-0.05, 0) is 146 Å². The van der Waals surface area contributed by atoms with Crippen molar-refractivity contribution in [2.75, 3.05) is 33.0 Å². The number of benzene rings is 5. The molecule has 0 spiro atoms.